The highest BCUT2D eigenvalue weighted by molar-refractivity contribution is 6.30. The number of carbonyl (C=O) groups is 1. The fourth-order valence-corrected chi connectivity index (χ4v) is 2.16. The number of hydrogen-bond donors (Lipinski definition) is 2. The number of methoxy groups -OCH3 is 1. The molecule has 1 unspecified atom stereocenters. The molecule has 0 aliphatic carbocycles. The van der Waals surface area contributed by atoms with Crippen molar-refractivity contribution in [3.63, 3.8) is 0 Å². The smallest absolute Gasteiger partial charge is 0.330 e. The standard InChI is InChI=1S/C16H16ClNO3/c1-21-10-11-3-2-4-12(9-11)15(16(19)20)18-14-7-5-13(17)6-8-14/h2-9,15,18H,10H2,1H3,(H,19,20). The molecule has 0 radical (unpaired) electrons. The number of ether oxygens (including phenoxy) is 1. The number of benzene rings is 2. The molecule has 2 aromatic rings. The summed E-state index contributed by atoms with van der Waals surface area (Å²) < 4.78 is 5.07. The third-order valence-corrected chi connectivity index (χ3v) is 3.25. The normalized spacial score (nSPS) is 11.9. The van der Waals surface area contributed by atoms with Crippen LogP contribution < -0.4 is 5.32 Å². The van der Waals surface area contributed by atoms with Gasteiger partial charge in [-0.2, -0.15) is 0 Å². The summed E-state index contributed by atoms with van der Waals surface area (Å²) in [5, 5.41) is 13.0. The van der Waals surface area contributed by atoms with E-state index in [2.05, 4.69) is 5.32 Å². The van der Waals surface area contributed by atoms with E-state index in [1.54, 1.807) is 37.4 Å². The topological polar surface area (TPSA) is 58.6 Å². The van der Waals surface area contributed by atoms with Gasteiger partial charge in [0.1, 0.15) is 0 Å². The number of anilines is 1. The van der Waals surface area contributed by atoms with Gasteiger partial charge >= 0.3 is 5.97 Å². The lowest BCUT2D eigenvalue weighted by Crippen LogP contribution is -2.20. The third kappa shape index (κ3) is 4.21. The van der Waals surface area contributed by atoms with Crippen molar-refractivity contribution in [2.45, 2.75) is 12.6 Å². The van der Waals surface area contributed by atoms with E-state index in [0.29, 0.717) is 22.9 Å². The summed E-state index contributed by atoms with van der Waals surface area (Å²) in [6.45, 7) is 0.446. The average molecular weight is 306 g/mol. The molecular weight excluding hydrogens is 290 g/mol. The lowest BCUT2D eigenvalue weighted by molar-refractivity contribution is -0.138. The van der Waals surface area contributed by atoms with Gasteiger partial charge in [0.2, 0.25) is 0 Å². The number of nitrogens with one attached hydrogen (secondary N) is 1. The van der Waals surface area contributed by atoms with Crippen molar-refractivity contribution in [2.24, 2.45) is 0 Å². The number of halogens is 1. The Bertz CT molecular complexity index is 613. The molecule has 0 bridgehead atoms. The zero-order valence-electron chi connectivity index (χ0n) is 11.5. The molecule has 0 amide bonds. The molecule has 0 spiro atoms. The van der Waals surface area contributed by atoms with Gasteiger partial charge in [-0.05, 0) is 35.4 Å². The van der Waals surface area contributed by atoms with Gasteiger partial charge in [0, 0.05) is 17.8 Å². The van der Waals surface area contributed by atoms with Crippen LogP contribution in [0, 0.1) is 0 Å². The summed E-state index contributed by atoms with van der Waals surface area (Å²) in [4.78, 5) is 11.5. The molecule has 21 heavy (non-hydrogen) atoms. The lowest BCUT2D eigenvalue weighted by Gasteiger charge is -2.17. The highest BCUT2D eigenvalue weighted by Gasteiger charge is 2.19. The molecule has 0 aromatic heterocycles. The van der Waals surface area contributed by atoms with Crippen LogP contribution in [0.1, 0.15) is 17.2 Å². The summed E-state index contributed by atoms with van der Waals surface area (Å²) in [5.74, 6) is -0.945. The minimum atomic E-state index is -0.945. The van der Waals surface area contributed by atoms with Crippen molar-refractivity contribution in [1.82, 2.24) is 0 Å². The summed E-state index contributed by atoms with van der Waals surface area (Å²) >= 11 is 5.83. The van der Waals surface area contributed by atoms with Crippen LogP contribution in [0.4, 0.5) is 5.69 Å². The number of carboxylic acid groups (broad SMARTS) is 1. The van der Waals surface area contributed by atoms with Crippen molar-refractivity contribution in [1.29, 1.82) is 0 Å². The highest BCUT2D eigenvalue weighted by atomic mass is 35.5. The van der Waals surface area contributed by atoms with E-state index < -0.39 is 12.0 Å². The van der Waals surface area contributed by atoms with E-state index in [1.165, 1.54) is 0 Å². The van der Waals surface area contributed by atoms with Gasteiger partial charge < -0.3 is 15.2 Å². The Labute approximate surface area is 128 Å². The van der Waals surface area contributed by atoms with Gasteiger partial charge in [-0.3, -0.25) is 0 Å². The number of aliphatic carboxylic acids is 1. The van der Waals surface area contributed by atoms with Crippen molar-refractivity contribution in [3.8, 4) is 0 Å². The second-order valence-corrected chi connectivity index (χ2v) is 5.04. The predicted molar refractivity (Wildman–Crippen MR) is 82.6 cm³/mol. The Morgan fingerprint density at radius 3 is 2.62 bits per heavy atom. The molecule has 2 aromatic carbocycles. The maximum atomic E-state index is 11.5. The third-order valence-electron chi connectivity index (χ3n) is 3.00. The Morgan fingerprint density at radius 1 is 1.29 bits per heavy atom. The largest absolute Gasteiger partial charge is 0.479 e. The van der Waals surface area contributed by atoms with Gasteiger partial charge in [-0.15, -0.1) is 0 Å². The van der Waals surface area contributed by atoms with Crippen LogP contribution in [0.3, 0.4) is 0 Å². The SMILES string of the molecule is COCc1cccc(C(Nc2ccc(Cl)cc2)C(=O)O)c1. The lowest BCUT2D eigenvalue weighted by atomic mass is 10.0. The zero-order chi connectivity index (χ0) is 15.2. The maximum Gasteiger partial charge on any atom is 0.330 e. The molecule has 0 fully saturated rings. The van der Waals surface area contributed by atoms with Crippen LogP contribution in [0.5, 0.6) is 0 Å². The predicted octanol–water partition coefficient (Wildman–Crippen LogP) is 3.72. The van der Waals surface area contributed by atoms with E-state index >= 15 is 0 Å². The first kappa shape index (κ1) is 15.4. The molecule has 2 rings (SSSR count). The van der Waals surface area contributed by atoms with E-state index in [1.807, 2.05) is 18.2 Å². The highest BCUT2D eigenvalue weighted by Crippen LogP contribution is 2.22. The molecule has 0 aliphatic rings. The van der Waals surface area contributed by atoms with Crippen molar-refractivity contribution in [2.75, 3.05) is 12.4 Å². The summed E-state index contributed by atoms with van der Waals surface area (Å²) in [5.41, 5.74) is 2.30. The van der Waals surface area contributed by atoms with E-state index in [4.69, 9.17) is 16.3 Å². The summed E-state index contributed by atoms with van der Waals surface area (Å²) in [6.07, 6.45) is 0. The Morgan fingerprint density at radius 2 is 2.00 bits per heavy atom. The van der Waals surface area contributed by atoms with Gasteiger partial charge in [0.05, 0.1) is 6.61 Å². The molecule has 0 saturated heterocycles. The number of carboxylic acids is 1. The van der Waals surface area contributed by atoms with Crippen molar-refractivity contribution >= 4 is 23.3 Å². The molecule has 2 N–H and O–H groups in total. The molecule has 0 saturated carbocycles. The van der Waals surface area contributed by atoms with Crippen LogP contribution in [-0.4, -0.2) is 18.2 Å². The van der Waals surface area contributed by atoms with Crippen LogP contribution in [0.15, 0.2) is 48.5 Å². The monoisotopic (exact) mass is 305 g/mol. The number of rotatable bonds is 6. The van der Waals surface area contributed by atoms with E-state index in [-0.39, 0.29) is 0 Å². The quantitative estimate of drug-likeness (QED) is 0.854. The van der Waals surface area contributed by atoms with Gasteiger partial charge in [-0.25, -0.2) is 4.79 Å². The minimum absolute atomic E-state index is 0.446. The van der Waals surface area contributed by atoms with Crippen LogP contribution >= 0.6 is 11.6 Å². The Hall–Kier alpha value is -2.04. The zero-order valence-corrected chi connectivity index (χ0v) is 12.3. The molecule has 1 atom stereocenters. The second-order valence-electron chi connectivity index (χ2n) is 4.60. The molecule has 4 nitrogen and oxygen atoms in total. The van der Waals surface area contributed by atoms with Gasteiger partial charge in [0.15, 0.2) is 6.04 Å². The average Bonchev–Trinajstić information content (AvgIpc) is 2.47. The molecular formula is C16H16ClNO3. The Balaban J connectivity index is 2.24. The number of hydrogen-bond acceptors (Lipinski definition) is 3. The molecule has 0 aliphatic heterocycles. The van der Waals surface area contributed by atoms with Crippen LogP contribution in [0.2, 0.25) is 5.02 Å². The summed E-state index contributed by atoms with van der Waals surface area (Å²) in [6, 6.07) is 13.4. The van der Waals surface area contributed by atoms with E-state index in [0.717, 1.165) is 5.56 Å². The first-order chi connectivity index (χ1) is 10.1. The molecule has 0 heterocycles. The fraction of sp³-hybridized carbons (Fsp3) is 0.188. The summed E-state index contributed by atoms with van der Waals surface area (Å²) in [7, 11) is 1.60. The van der Waals surface area contributed by atoms with Crippen LogP contribution in [-0.2, 0) is 16.1 Å². The minimum Gasteiger partial charge on any atom is -0.479 e. The first-order valence-electron chi connectivity index (χ1n) is 6.43. The molecule has 5 heteroatoms. The first-order valence-corrected chi connectivity index (χ1v) is 6.80. The fourth-order valence-electron chi connectivity index (χ4n) is 2.03. The molecule has 110 valence electrons. The maximum absolute atomic E-state index is 11.5. The van der Waals surface area contributed by atoms with Gasteiger partial charge in [-0.1, -0.05) is 35.9 Å². The second kappa shape index (κ2) is 7.11. The van der Waals surface area contributed by atoms with Crippen LogP contribution in [0.25, 0.3) is 0 Å². The Kier molecular flexibility index (Phi) is 5.20. The van der Waals surface area contributed by atoms with Crippen molar-refractivity contribution in [3.05, 3.63) is 64.7 Å². The van der Waals surface area contributed by atoms with Gasteiger partial charge in [0.25, 0.3) is 0 Å². The van der Waals surface area contributed by atoms with Crippen molar-refractivity contribution < 1.29 is 14.6 Å². The van der Waals surface area contributed by atoms with E-state index in [9.17, 15) is 9.90 Å².